The van der Waals surface area contributed by atoms with E-state index in [9.17, 15) is 0 Å². The van der Waals surface area contributed by atoms with E-state index in [0.717, 1.165) is 11.9 Å². The number of hydrogen-bond donors (Lipinski definition) is 2. The summed E-state index contributed by atoms with van der Waals surface area (Å²) in [6.45, 7) is 3.05. The monoisotopic (exact) mass is 303 g/mol. The van der Waals surface area contributed by atoms with Gasteiger partial charge in [0.1, 0.15) is 0 Å². The molecule has 1 atom stereocenters. The summed E-state index contributed by atoms with van der Waals surface area (Å²) in [5.41, 5.74) is 1.18. The summed E-state index contributed by atoms with van der Waals surface area (Å²) in [6, 6.07) is 10.8. The molecule has 2 N–H and O–H groups in total. The third-order valence-electron chi connectivity index (χ3n) is 4.49. The second-order valence-corrected chi connectivity index (χ2v) is 6.19. The van der Waals surface area contributed by atoms with E-state index in [1.54, 1.807) is 7.11 Å². The summed E-state index contributed by atoms with van der Waals surface area (Å²) in [5, 5.41) is 6.93. The Labute approximate surface area is 134 Å². The average molecular weight is 303 g/mol. The fourth-order valence-electron chi connectivity index (χ4n) is 2.99. The summed E-state index contributed by atoms with van der Waals surface area (Å²) in [6.07, 6.45) is 5.10. The summed E-state index contributed by atoms with van der Waals surface area (Å²) < 4.78 is 5.59. The van der Waals surface area contributed by atoms with Crippen LogP contribution in [0, 0.1) is 5.92 Å². The second-order valence-electron chi connectivity index (χ2n) is 6.19. The quantitative estimate of drug-likeness (QED) is 0.649. The molecule has 22 heavy (non-hydrogen) atoms. The highest BCUT2D eigenvalue weighted by atomic mass is 16.5. The fraction of sp³-hybridized carbons (Fsp3) is 0.611. The van der Waals surface area contributed by atoms with Gasteiger partial charge in [-0.1, -0.05) is 37.3 Å². The topological polar surface area (TPSA) is 45.7 Å². The Morgan fingerprint density at radius 3 is 2.50 bits per heavy atom. The van der Waals surface area contributed by atoms with Gasteiger partial charge in [0, 0.05) is 26.7 Å². The smallest absolute Gasteiger partial charge is 0.191 e. The Morgan fingerprint density at radius 1 is 1.23 bits per heavy atom. The zero-order valence-corrected chi connectivity index (χ0v) is 14.0. The largest absolute Gasteiger partial charge is 0.375 e. The minimum Gasteiger partial charge on any atom is -0.375 e. The molecule has 4 nitrogen and oxygen atoms in total. The van der Waals surface area contributed by atoms with Crippen LogP contribution >= 0.6 is 0 Å². The van der Waals surface area contributed by atoms with Crippen molar-refractivity contribution in [1.29, 1.82) is 0 Å². The summed E-state index contributed by atoms with van der Waals surface area (Å²) >= 11 is 0. The molecular weight excluding hydrogens is 274 g/mol. The highest BCUT2D eigenvalue weighted by Gasteiger charge is 2.19. The van der Waals surface area contributed by atoms with Crippen molar-refractivity contribution in [1.82, 2.24) is 10.6 Å². The van der Waals surface area contributed by atoms with Gasteiger partial charge in [0.25, 0.3) is 0 Å². The standard InChI is InChI=1S/C18H29N3O/c1-14-9-11-16(12-10-14)21-18(19-2)20-13-17(22-3)15-7-5-4-6-8-15/h4-8,14,16-17H,9-13H2,1-3H3,(H2,19,20,21). The van der Waals surface area contributed by atoms with Crippen molar-refractivity contribution >= 4 is 5.96 Å². The molecule has 1 aromatic carbocycles. The molecule has 2 rings (SSSR count). The van der Waals surface area contributed by atoms with Gasteiger partial charge in [0.05, 0.1) is 6.10 Å². The van der Waals surface area contributed by atoms with Crippen LogP contribution in [0.2, 0.25) is 0 Å². The molecule has 1 unspecified atom stereocenters. The number of aliphatic imine (C=N–C) groups is 1. The molecule has 122 valence electrons. The molecule has 1 saturated carbocycles. The van der Waals surface area contributed by atoms with Crippen molar-refractivity contribution in [3.05, 3.63) is 35.9 Å². The molecule has 1 aliphatic rings. The third-order valence-corrected chi connectivity index (χ3v) is 4.49. The highest BCUT2D eigenvalue weighted by molar-refractivity contribution is 5.80. The summed E-state index contributed by atoms with van der Waals surface area (Å²) in [4.78, 5) is 4.34. The SMILES string of the molecule is CN=C(NCC(OC)c1ccccc1)NC1CCC(C)CC1. The molecule has 0 saturated heterocycles. The van der Waals surface area contributed by atoms with Gasteiger partial charge in [0.15, 0.2) is 5.96 Å². The van der Waals surface area contributed by atoms with Crippen molar-refractivity contribution in [3.8, 4) is 0 Å². The van der Waals surface area contributed by atoms with Gasteiger partial charge in [-0.2, -0.15) is 0 Å². The van der Waals surface area contributed by atoms with Crippen LogP contribution in [0.5, 0.6) is 0 Å². The van der Waals surface area contributed by atoms with E-state index in [-0.39, 0.29) is 6.10 Å². The van der Waals surface area contributed by atoms with Gasteiger partial charge in [-0.05, 0) is 37.2 Å². The lowest BCUT2D eigenvalue weighted by molar-refractivity contribution is 0.106. The molecule has 0 aromatic heterocycles. The van der Waals surface area contributed by atoms with Crippen LogP contribution in [0.4, 0.5) is 0 Å². The van der Waals surface area contributed by atoms with E-state index in [2.05, 4.69) is 34.7 Å². The number of methoxy groups -OCH3 is 1. The lowest BCUT2D eigenvalue weighted by Gasteiger charge is -2.28. The molecule has 4 heteroatoms. The number of hydrogen-bond acceptors (Lipinski definition) is 2. The van der Waals surface area contributed by atoms with Gasteiger partial charge in [-0.3, -0.25) is 4.99 Å². The number of nitrogens with zero attached hydrogens (tertiary/aromatic N) is 1. The number of guanidine groups is 1. The lowest BCUT2D eigenvalue weighted by atomic mass is 9.87. The Morgan fingerprint density at radius 2 is 1.91 bits per heavy atom. The van der Waals surface area contributed by atoms with Crippen LogP contribution in [0.3, 0.4) is 0 Å². The van der Waals surface area contributed by atoms with Crippen molar-refractivity contribution < 1.29 is 4.74 Å². The van der Waals surface area contributed by atoms with Crippen LogP contribution < -0.4 is 10.6 Å². The Bertz CT molecular complexity index is 453. The van der Waals surface area contributed by atoms with Crippen LogP contribution in [0.1, 0.15) is 44.3 Å². The first-order valence-electron chi connectivity index (χ1n) is 8.27. The predicted octanol–water partition coefficient (Wildman–Crippen LogP) is 3.12. The number of nitrogens with one attached hydrogen (secondary N) is 2. The molecule has 0 radical (unpaired) electrons. The van der Waals surface area contributed by atoms with Gasteiger partial charge in [-0.15, -0.1) is 0 Å². The van der Waals surface area contributed by atoms with E-state index in [0.29, 0.717) is 12.6 Å². The van der Waals surface area contributed by atoms with Crippen molar-refractivity contribution in [3.63, 3.8) is 0 Å². The summed E-state index contributed by atoms with van der Waals surface area (Å²) in [5.74, 6) is 1.74. The molecule has 1 aliphatic carbocycles. The predicted molar refractivity (Wildman–Crippen MR) is 92.1 cm³/mol. The first-order valence-corrected chi connectivity index (χ1v) is 8.27. The van der Waals surface area contributed by atoms with Crippen molar-refractivity contribution in [2.75, 3.05) is 20.7 Å². The number of benzene rings is 1. The first-order chi connectivity index (χ1) is 10.7. The zero-order chi connectivity index (χ0) is 15.8. The maximum atomic E-state index is 5.59. The Kier molecular flexibility index (Phi) is 6.72. The summed E-state index contributed by atoms with van der Waals surface area (Å²) in [7, 11) is 3.57. The third kappa shape index (κ3) is 5.02. The van der Waals surface area contributed by atoms with E-state index in [1.165, 1.54) is 31.2 Å². The molecule has 1 fully saturated rings. The minimum absolute atomic E-state index is 0.0335. The maximum absolute atomic E-state index is 5.59. The number of rotatable bonds is 5. The van der Waals surface area contributed by atoms with E-state index in [4.69, 9.17) is 4.74 Å². The van der Waals surface area contributed by atoms with E-state index in [1.807, 2.05) is 25.2 Å². The van der Waals surface area contributed by atoms with Gasteiger partial charge < -0.3 is 15.4 Å². The zero-order valence-electron chi connectivity index (χ0n) is 14.0. The highest BCUT2D eigenvalue weighted by Crippen LogP contribution is 2.23. The Balaban J connectivity index is 1.82. The van der Waals surface area contributed by atoms with Crippen LogP contribution in [0.25, 0.3) is 0 Å². The maximum Gasteiger partial charge on any atom is 0.191 e. The van der Waals surface area contributed by atoms with Crippen molar-refractivity contribution in [2.24, 2.45) is 10.9 Å². The van der Waals surface area contributed by atoms with Gasteiger partial charge in [0.2, 0.25) is 0 Å². The average Bonchev–Trinajstić information content (AvgIpc) is 2.57. The molecule has 0 bridgehead atoms. The Hall–Kier alpha value is -1.55. The van der Waals surface area contributed by atoms with Gasteiger partial charge >= 0.3 is 0 Å². The van der Waals surface area contributed by atoms with Crippen LogP contribution in [0.15, 0.2) is 35.3 Å². The molecule has 0 aliphatic heterocycles. The molecule has 1 aromatic rings. The molecular formula is C18H29N3O. The van der Waals surface area contributed by atoms with Gasteiger partial charge in [-0.25, -0.2) is 0 Å². The van der Waals surface area contributed by atoms with Crippen molar-refractivity contribution in [2.45, 2.75) is 44.8 Å². The molecule has 0 amide bonds. The van der Waals surface area contributed by atoms with Crippen LogP contribution in [-0.4, -0.2) is 32.7 Å². The molecule has 0 spiro atoms. The second kappa shape index (κ2) is 8.79. The normalized spacial score (nSPS) is 23.9. The van der Waals surface area contributed by atoms with Crippen LogP contribution in [-0.2, 0) is 4.74 Å². The molecule has 0 heterocycles. The van der Waals surface area contributed by atoms with E-state index >= 15 is 0 Å². The fourth-order valence-corrected chi connectivity index (χ4v) is 2.99. The van der Waals surface area contributed by atoms with E-state index < -0.39 is 0 Å². The lowest BCUT2D eigenvalue weighted by Crippen LogP contribution is -2.45. The minimum atomic E-state index is 0.0335. The first kappa shape index (κ1) is 16.8. The number of ether oxygens (including phenoxy) is 1.